The molecule has 0 atom stereocenters. The van der Waals surface area contributed by atoms with E-state index >= 15 is 0 Å². The van der Waals surface area contributed by atoms with E-state index in [4.69, 9.17) is 4.74 Å². The normalized spacial score (nSPS) is 10.5. The van der Waals surface area contributed by atoms with Crippen LogP contribution >= 0.6 is 0 Å². The van der Waals surface area contributed by atoms with E-state index < -0.39 is 0 Å². The Morgan fingerprint density at radius 3 is 2.75 bits per heavy atom. The van der Waals surface area contributed by atoms with E-state index in [2.05, 4.69) is 13.8 Å². The van der Waals surface area contributed by atoms with E-state index in [-0.39, 0.29) is 0 Å². The number of ketones is 1. The van der Waals surface area contributed by atoms with Gasteiger partial charge in [0.05, 0.1) is 7.11 Å². The molecule has 0 saturated carbocycles. The monoisotopic (exact) mass is 220 g/mol. The minimum Gasteiger partial charge on any atom is -0.497 e. The van der Waals surface area contributed by atoms with E-state index in [0.29, 0.717) is 24.5 Å². The van der Waals surface area contributed by atoms with Crippen molar-refractivity contribution in [1.82, 2.24) is 0 Å². The number of carbonyl (C=O) groups excluding carboxylic acids is 1. The summed E-state index contributed by atoms with van der Waals surface area (Å²) in [6, 6.07) is 7.70. The maximum Gasteiger partial charge on any atom is 0.137 e. The minimum absolute atomic E-state index is 0.307. The Morgan fingerprint density at radius 2 is 2.12 bits per heavy atom. The fourth-order valence-corrected chi connectivity index (χ4v) is 1.55. The maximum absolute atomic E-state index is 11.7. The second-order valence-corrected chi connectivity index (χ2v) is 4.50. The summed E-state index contributed by atoms with van der Waals surface area (Å²) in [4.78, 5) is 11.7. The zero-order chi connectivity index (χ0) is 12.0. The SMILES string of the molecule is COc1cccc(CC(=O)CCC(C)C)c1. The van der Waals surface area contributed by atoms with Crippen LogP contribution in [-0.4, -0.2) is 12.9 Å². The molecule has 0 spiro atoms. The van der Waals surface area contributed by atoms with Gasteiger partial charge < -0.3 is 4.74 Å². The molecule has 0 N–H and O–H groups in total. The van der Waals surface area contributed by atoms with Crippen molar-refractivity contribution in [1.29, 1.82) is 0 Å². The van der Waals surface area contributed by atoms with Crippen molar-refractivity contribution in [2.24, 2.45) is 5.92 Å². The second kappa shape index (κ2) is 6.31. The number of rotatable bonds is 6. The summed E-state index contributed by atoms with van der Waals surface area (Å²) in [7, 11) is 1.64. The number of hydrogen-bond donors (Lipinski definition) is 0. The van der Waals surface area contributed by atoms with Crippen molar-refractivity contribution in [3.05, 3.63) is 29.8 Å². The maximum atomic E-state index is 11.7. The van der Waals surface area contributed by atoms with Gasteiger partial charge in [0, 0.05) is 12.8 Å². The number of Topliss-reactive ketones (excluding diaryl/α,β-unsaturated/α-hetero) is 1. The number of hydrogen-bond acceptors (Lipinski definition) is 2. The molecule has 1 rings (SSSR count). The van der Waals surface area contributed by atoms with Crippen LogP contribution in [-0.2, 0) is 11.2 Å². The minimum atomic E-state index is 0.307. The van der Waals surface area contributed by atoms with Crippen LogP contribution in [0.1, 0.15) is 32.3 Å². The molecule has 0 fully saturated rings. The summed E-state index contributed by atoms with van der Waals surface area (Å²) >= 11 is 0. The van der Waals surface area contributed by atoms with Gasteiger partial charge in [0.2, 0.25) is 0 Å². The molecule has 1 aromatic rings. The molecule has 88 valence electrons. The molecule has 0 unspecified atom stereocenters. The van der Waals surface area contributed by atoms with E-state index in [9.17, 15) is 4.79 Å². The standard InChI is InChI=1S/C14H20O2/c1-11(2)7-8-13(15)9-12-5-4-6-14(10-12)16-3/h4-6,10-11H,7-9H2,1-3H3. The molecule has 0 amide bonds. The first-order valence-electron chi connectivity index (χ1n) is 5.76. The lowest BCUT2D eigenvalue weighted by Crippen LogP contribution is -2.04. The van der Waals surface area contributed by atoms with Crippen LogP contribution in [0.5, 0.6) is 5.75 Å². The van der Waals surface area contributed by atoms with Crippen LogP contribution in [0.15, 0.2) is 24.3 Å². The van der Waals surface area contributed by atoms with Gasteiger partial charge in [-0.1, -0.05) is 26.0 Å². The van der Waals surface area contributed by atoms with Gasteiger partial charge in [-0.25, -0.2) is 0 Å². The highest BCUT2D eigenvalue weighted by Crippen LogP contribution is 2.14. The number of methoxy groups -OCH3 is 1. The summed E-state index contributed by atoms with van der Waals surface area (Å²) in [6.45, 7) is 4.28. The summed E-state index contributed by atoms with van der Waals surface area (Å²) in [6.07, 6.45) is 2.17. The molecular formula is C14H20O2. The lowest BCUT2D eigenvalue weighted by atomic mass is 10.0. The molecule has 0 aliphatic carbocycles. The third-order valence-corrected chi connectivity index (χ3v) is 2.54. The van der Waals surface area contributed by atoms with Crippen molar-refractivity contribution in [2.75, 3.05) is 7.11 Å². The Labute approximate surface area is 97.6 Å². The van der Waals surface area contributed by atoms with Gasteiger partial charge in [-0.2, -0.15) is 0 Å². The highest BCUT2D eigenvalue weighted by atomic mass is 16.5. The van der Waals surface area contributed by atoms with Gasteiger partial charge in [0.15, 0.2) is 0 Å². The highest BCUT2D eigenvalue weighted by molar-refractivity contribution is 5.80. The molecule has 0 aliphatic heterocycles. The Kier molecular flexibility index (Phi) is 5.03. The first-order chi connectivity index (χ1) is 7.61. The fraction of sp³-hybridized carbons (Fsp3) is 0.500. The largest absolute Gasteiger partial charge is 0.497 e. The van der Waals surface area contributed by atoms with Gasteiger partial charge in [0.1, 0.15) is 11.5 Å². The van der Waals surface area contributed by atoms with Crippen LogP contribution in [0.3, 0.4) is 0 Å². The molecule has 2 heteroatoms. The highest BCUT2D eigenvalue weighted by Gasteiger charge is 2.05. The third kappa shape index (κ3) is 4.47. The van der Waals surface area contributed by atoms with Gasteiger partial charge >= 0.3 is 0 Å². The molecule has 0 aliphatic rings. The van der Waals surface area contributed by atoms with Crippen LogP contribution < -0.4 is 4.74 Å². The molecule has 16 heavy (non-hydrogen) atoms. The summed E-state index contributed by atoms with van der Waals surface area (Å²) in [5.74, 6) is 1.71. The number of benzene rings is 1. The first-order valence-corrected chi connectivity index (χ1v) is 5.76. The van der Waals surface area contributed by atoms with Crippen molar-refractivity contribution >= 4 is 5.78 Å². The quantitative estimate of drug-likeness (QED) is 0.735. The average molecular weight is 220 g/mol. The van der Waals surface area contributed by atoms with Crippen LogP contribution in [0, 0.1) is 5.92 Å². The van der Waals surface area contributed by atoms with E-state index in [1.807, 2.05) is 24.3 Å². The van der Waals surface area contributed by atoms with E-state index in [1.165, 1.54) is 0 Å². The van der Waals surface area contributed by atoms with Crippen LogP contribution in [0.2, 0.25) is 0 Å². The van der Waals surface area contributed by atoms with Crippen molar-refractivity contribution < 1.29 is 9.53 Å². The smallest absolute Gasteiger partial charge is 0.137 e. The zero-order valence-electron chi connectivity index (χ0n) is 10.3. The lowest BCUT2D eigenvalue weighted by Gasteiger charge is -2.05. The molecule has 0 saturated heterocycles. The van der Waals surface area contributed by atoms with Gasteiger partial charge in [0.25, 0.3) is 0 Å². The van der Waals surface area contributed by atoms with Gasteiger partial charge in [-0.15, -0.1) is 0 Å². The van der Waals surface area contributed by atoms with Crippen molar-refractivity contribution in [3.63, 3.8) is 0 Å². The van der Waals surface area contributed by atoms with Crippen LogP contribution in [0.4, 0.5) is 0 Å². The fourth-order valence-electron chi connectivity index (χ4n) is 1.55. The zero-order valence-corrected chi connectivity index (χ0v) is 10.3. The third-order valence-electron chi connectivity index (χ3n) is 2.54. The summed E-state index contributed by atoms with van der Waals surface area (Å²) < 4.78 is 5.12. The predicted octanol–water partition coefficient (Wildman–Crippen LogP) is 3.24. The molecule has 0 radical (unpaired) electrons. The molecule has 2 nitrogen and oxygen atoms in total. The van der Waals surface area contributed by atoms with E-state index in [1.54, 1.807) is 7.11 Å². The van der Waals surface area contributed by atoms with E-state index in [0.717, 1.165) is 17.7 Å². The predicted molar refractivity (Wildman–Crippen MR) is 65.8 cm³/mol. The average Bonchev–Trinajstić information content (AvgIpc) is 2.26. The summed E-state index contributed by atoms with van der Waals surface area (Å²) in [5.41, 5.74) is 1.04. The van der Waals surface area contributed by atoms with Crippen molar-refractivity contribution in [2.45, 2.75) is 33.1 Å². The molecule has 0 bridgehead atoms. The molecular weight excluding hydrogens is 200 g/mol. The Morgan fingerprint density at radius 1 is 1.38 bits per heavy atom. The number of ether oxygens (including phenoxy) is 1. The molecule has 0 heterocycles. The van der Waals surface area contributed by atoms with Gasteiger partial charge in [-0.3, -0.25) is 4.79 Å². The van der Waals surface area contributed by atoms with Gasteiger partial charge in [-0.05, 0) is 30.0 Å². The Hall–Kier alpha value is -1.31. The Balaban J connectivity index is 2.49. The topological polar surface area (TPSA) is 26.3 Å². The molecule has 0 aromatic heterocycles. The first kappa shape index (κ1) is 12.8. The second-order valence-electron chi connectivity index (χ2n) is 4.50. The number of carbonyl (C=O) groups is 1. The lowest BCUT2D eigenvalue weighted by molar-refractivity contribution is -0.118. The van der Waals surface area contributed by atoms with Crippen LogP contribution in [0.25, 0.3) is 0 Å². The summed E-state index contributed by atoms with van der Waals surface area (Å²) in [5, 5.41) is 0. The molecule has 1 aromatic carbocycles. The Bertz CT molecular complexity index is 342. The van der Waals surface area contributed by atoms with Crippen molar-refractivity contribution in [3.8, 4) is 5.75 Å².